The number of sulfonamides is 1. The molecule has 0 atom stereocenters. The molecule has 0 aromatic heterocycles. The van der Waals surface area contributed by atoms with Crippen LogP contribution in [-0.2, 0) is 10.0 Å². The minimum atomic E-state index is -3.53. The maximum atomic E-state index is 12.9. The first-order valence-corrected chi connectivity index (χ1v) is 10.3. The van der Waals surface area contributed by atoms with E-state index in [2.05, 4.69) is 12.3 Å². The Labute approximate surface area is 152 Å². The van der Waals surface area contributed by atoms with Crippen LogP contribution in [0.1, 0.15) is 37.7 Å². The molecule has 0 unspecified atom stereocenters. The first-order valence-electron chi connectivity index (χ1n) is 8.81. The lowest BCUT2D eigenvalue weighted by Gasteiger charge is -2.19. The third kappa shape index (κ3) is 5.86. The zero-order valence-corrected chi connectivity index (χ0v) is 15.8. The van der Waals surface area contributed by atoms with Crippen LogP contribution < -0.4 is 0 Å². The molecule has 0 spiro atoms. The summed E-state index contributed by atoms with van der Waals surface area (Å²) in [6, 6.07) is 6.98. The molecule has 25 heavy (non-hydrogen) atoms. The van der Waals surface area contributed by atoms with Crippen LogP contribution >= 0.6 is 0 Å². The van der Waals surface area contributed by atoms with Crippen molar-refractivity contribution in [3.05, 3.63) is 72.0 Å². The SMILES string of the molecule is C=C/C=C/CN(CC=C=C1CCCCC1)S(=O)(=O)c1ccc(C)cc1. The monoisotopic (exact) mass is 357 g/mol. The molecule has 0 radical (unpaired) electrons. The van der Waals surface area contributed by atoms with Crippen molar-refractivity contribution in [1.82, 2.24) is 4.31 Å². The van der Waals surface area contributed by atoms with Gasteiger partial charge in [0, 0.05) is 13.1 Å². The van der Waals surface area contributed by atoms with Crippen molar-refractivity contribution in [2.45, 2.75) is 43.9 Å². The molecule has 0 aliphatic heterocycles. The van der Waals surface area contributed by atoms with E-state index in [1.54, 1.807) is 30.4 Å². The summed E-state index contributed by atoms with van der Waals surface area (Å²) in [6.45, 7) is 6.21. The summed E-state index contributed by atoms with van der Waals surface area (Å²) in [5.41, 5.74) is 5.66. The number of rotatable bonds is 7. The molecule has 2 rings (SSSR count). The number of aryl methyl sites for hydroxylation is 1. The average molecular weight is 358 g/mol. The van der Waals surface area contributed by atoms with Crippen LogP contribution in [0.15, 0.2) is 71.3 Å². The summed E-state index contributed by atoms with van der Waals surface area (Å²) in [6.07, 6.45) is 12.9. The fourth-order valence-corrected chi connectivity index (χ4v) is 4.15. The van der Waals surface area contributed by atoms with Gasteiger partial charge in [0.05, 0.1) is 4.90 Å². The minimum Gasteiger partial charge on any atom is -0.207 e. The molecule has 0 N–H and O–H groups in total. The number of hydrogen-bond acceptors (Lipinski definition) is 2. The summed E-state index contributed by atoms with van der Waals surface area (Å²) >= 11 is 0. The van der Waals surface area contributed by atoms with Gasteiger partial charge < -0.3 is 0 Å². The Morgan fingerprint density at radius 1 is 1.12 bits per heavy atom. The van der Waals surface area contributed by atoms with Crippen molar-refractivity contribution in [1.29, 1.82) is 0 Å². The van der Waals surface area contributed by atoms with E-state index in [1.807, 2.05) is 25.1 Å². The lowest BCUT2D eigenvalue weighted by molar-refractivity contribution is 0.473. The molecule has 0 amide bonds. The van der Waals surface area contributed by atoms with Crippen molar-refractivity contribution in [2.75, 3.05) is 13.1 Å². The highest BCUT2D eigenvalue weighted by Crippen LogP contribution is 2.21. The van der Waals surface area contributed by atoms with Gasteiger partial charge in [-0.1, -0.05) is 48.9 Å². The Morgan fingerprint density at radius 3 is 2.44 bits per heavy atom. The van der Waals surface area contributed by atoms with Crippen LogP contribution in [0.5, 0.6) is 0 Å². The zero-order valence-electron chi connectivity index (χ0n) is 14.9. The summed E-state index contributed by atoms with van der Waals surface area (Å²) in [5, 5.41) is 0. The molecule has 1 fully saturated rings. The van der Waals surface area contributed by atoms with Gasteiger partial charge in [0.2, 0.25) is 10.0 Å². The van der Waals surface area contributed by atoms with E-state index < -0.39 is 10.0 Å². The highest BCUT2D eigenvalue weighted by molar-refractivity contribution is 7.89. The van der Waals surface area contributed by atoms with Crippen LogP contribution in [0.4, 0.5) is 0 Å². The molecular formula is C21H27NO2S. The molecule has 4 heteroatoms. The lowest BCUT2D eigenvalue weighted by Crippen LogP contribution is -2.31. The molecule has 0 saturated heterocycles. The Kier molecular flexibility index (Phi) is 7.45. The summed E-state index contributed by atoms with van der Waals surface area (Å²) in [4.78, 5) is 0.323. The van der Waals surface area contributed by atoms with Crippen molar-refractivity contribution in [3.8, 4) is 0 Å². The van der Waals surface area contributed by atoms with Gasteiger partial charge in [0.25, 0.3) is 0 Å². The maximum absolute atomic E-state index is 12.9. The molecule has 0 bridgehead atoms. The van der Waals surface area contributed by atoms with Gasteiger partial charge in [-0.3, -0.25) is 0 Å². The second-order valence-electron chi connectivity index (χ2n) is 6.31. The van der Waals surface area contributed by atoms with E-state index in [1.165, 1.54) is 29.1 Å². The highest BCUT2D eigenvalue weighted by Gasteiger charge is 2.22. The molecule has 1 aromatic rings. The Balaban J connectivity index is 2.21. The smallest absolute Gasteiger partial charge is 0.207 e. The fraction of sp³-hybridized carbons (Fsp3) is 0.381. The van der Waals surface area contributed by atoms with Crippen LogP contribution in [0, 0.1) is 6.92 Å². The molecule has 0 heterocycles. The van der Waals surface area contributed by atoms with Crippen molar-refractivity contribution < 1.29 is 8.42 Å². The van der Waals surface area contributed by atoms with Gasteiger partial charge in [-0.25, -0.2) is 8.42 Å². The van der Waals surface area contributed by atoms with E-state index in [0.29, 0.717) is 18.0 Å². The molecule has 1 aromatic carbocycles. The van der Waals surface area contributed by atoms with E-state index in [0.717, 1.165) is 18.4 Å². The summed E-state index contributed by atoms with van der Waals surface area (Å²) in [5.74, 6) is 0. The topological polar surface area (TPSA) is 37.4 Å². The Morgan fingerprint density at radius 2 is 1.80 bits per heavy atom. The molecule has 1 aliphatic rings. The van der Waals surface area contributed by atoms with Gasteiger partial charge in [-0.05, 0) is 56.4 Å². The first-order chi connectivity index (χ1) is 12.0. The van der Waals surface area contributed by atoms with Gasteiger partial charge in [0.15, 0.2) is 0 Å². The van der Waals surface area contributed by atoms with Crippen molar-refractivity contribution >= 4 is 10.0 Å². The second-order valence-corrected chi connectivity index (χ2v) is 8.25. The van der Waals surface area contributed by atoms with Crippen LogP contribution in [0.2, 0.25) is 0 Å². The van der Waals surface area contributed by atoms with Crippen molar-refractivity contribution in [2.24, 2.45) is 0 Å². The Hall–Kier alpha value is -1.87. The minimum absolute atomic E-state index is 0.315. The average Bonchev–Trinajstić information content (AvgIpc) is 2.62. The Bertz CT molecular complexity index is 759. The van der Waals surface area contributed by atoms with Crippen molar-refractivity contribution in [3.63, 3.8) is 0 Å². The maximum Gasteiger partial charge on any atom is 0.243 e. The van der Waals surface area contributed by atoms with Crippen LogP contribution in [-0.4, -0.2) is 25.8 Å². The molecule has 3 nitrogen and oxygen atoms in total. The van der Waals surface area contributed by atoms with Crippen LogP contribution in [0.25, 0.3) is 0 Å². The number of nitrogens with zero attached hydrogens (tertiary/aromatic N) is 1. The normalized spacial score (nSPS) is 15.4. The molecule has 1 aliphatic carbocycles. The first kappa shape index (κ1) is 19.5. The van der Waals surface area contributed by atoms with Gasteiger partial charge in [-0.2, -0.15) is 4.31 Å². The van der Waals surface area contributed by atoms with Crippen LogP contribution in [0.3, 0.4) is 0 Å². The molecular weight excluding hydrogens is 330 g/mol. The van der Waals surface area contributed by atoms with Gasteiger partial charge in [0.1, 0.15) is 0 Å². The zero-order chi connectivity index (χ0) is 18.1. The van der Waals surface area contributed by atoms with E-state index >= 15 is 0 Å². The molecule has 134 valence electrons. The standard InChI is InChI=1S/C21H27NO2S/c1-3-4-8-17-22(18-9-12-20-10-6-5-7-11-20)25(23,24)21-15-13-19(2)14-16-21/h3-4,8-9,13-16H,1,5-7,10-11,17-18H2,2H3/b8-4+. The third-order valence-electron chi connectivity index (χ3n) is 4.30. The van der Waals surface area contributed by atoms with E-state index in [9.17, 15) is 8.42 Å². The predicted molar refractivity (Wildman–Crippen MR) is 104 cm³/mol. The summed E-state index contributed by atoms with van der Waals surface area (Å²) in [7, 11) is -3.53. The number of allylic oxidation sites excluding steroid dienone is 2. The highest BCUT2D eigenvalue weighted by atomic mass is 32.2. The predicted octanol–water partition coefficient (Wildman–Crippen LogP) is 4.77. The molecule has 1 saturated carbocycles. The lowest BCUT2D eigenvalue weighted by atomic mass is 9.96. The third-order valence-corrected chi connectivity index (χ3v) is 6.14. The number of hydrogen-bond donors (Lipinski definition) is 0. The number of benzene rings is 1. The quantitative estimate of drug-likeness (QED) is 0.520. The second kappa shape index (κ2) is 9.57. The van der Waals surface area contributed by atoms with Gasteiger partial charge >= 0.3 is 0 Å². The van der Waals surface area contributed by atoms with E-state index in [4.69, 9.17) is 0 Å². The fourth-order valence-electron chi connectivity index (χ4n) is 2.82. The largest absolute Gasteiger partial charge is 0.243 e. The van der Waals surface area contributed by atoms with Gasteiger partial charge in [-0.15, -0.1) is 5.73 Å². The summed E-state index contributed by atoms with van der Waals surface area (Å²) < 4.78 is 27.3. The van der Waals surface area contributed by atoms with E-state index in [-0.39, 0.29) is 0 Å².